The zero-order valence-electron chi connectivity index (χ0n) is 10.3. The Hall–Kier alpha value is -1.56. The van der Waals surface area contributed by atoms with Crippen molar-refractivity contribution in [3.8, 4) is 0 Å². The maximum absolute atomic E-state index is 5.68. The van der Waals surface area contributed by atoms with Crippen LogP contribution in [-0.4, -0.2) is 28.7 Å². The minimum Gasteiger partial charge on any atom is -0.476 e. The molecule has 4 N–H and O–H groups in total. The van der Waals surface area contributed by atoms with Crippen LogP contribution in [0.15, 0.2) is 18.0 Å². The largest absolute Gasteiger partial charge is 0.476 e. The monoisotopic (exact) mass is 266 g/mol. The van der Waals surface area contributed by atoms with Gasteiger partial charge >= 0.3 is 0 Å². The van der Waals surface area contributed by atoms with Gasteiger partial charge < -0.3 is 15.8 Å². The summed E-state index contributed by atoms with van der Waals surface area (Å²) in [5.74, 6) is 1.73. The molecule has 0 aromatic carbocycles. The van der Waals surface area contributed by atoms with Gasteiger partial charge in [-0.2, -0.15) is 5.10 Å². The number of H-pyrrole nitrogens is 1. The average molecular weight is 266 g/mol. The zero-order valence-corrected chi connectivity index (χ0v) is 11.2. The fraction of sp³-hybridized carbons (Fsp3) is 0.500. The van der Waals surface area contributed by atoms with Crippen molar-refractivity contribution >= 4 is 23.4 Å². The van der Waals surface area contributed by atoms with Gasteiger partial charge in [0, 0.05) is 36.2 Å². The van der Waals surface area contributed by atoms with E-state index in [9.17, 15) is 0 Å². The van der Waals surface area contributed by atoms with Crippen LogP contribution in [0.2, 0.25) is 0 Å². The van der Waals surface area contributed by atoms with E-state index in [1.807, 2.05) is 13.1 Å². The Morgan fingerprint density at radius 3 is 3.17 bits per heavy atom. The van der Waals surface area contributed by atoms with E-state index < -0.39 is 0 Å². The van der Waals surface area contributed by atoms with Gasteiger partial charge in [-0.15, -0.1) is 0 Å². The first-order valence-corrected chi connectivity index (χ1v) is 6.50. The summed E-state index contributed by atoms with van der Waals surface area (Å²) in [5.41, 5.74) is 6.84. The molecule has 2 rings (SSSR count). The zero-order chi connectivity index (χ0) is 13.0. The van der Waals surface area contributed by atoms with E-state index in [-0.39, 0.29) is 6.10 Å². The molecule has 1 aliphatic rings. The van der Waals surface area contributed by atoms with Crippen molar-refractivity contribution in [3.63, 3.8) is 0 Å². The lowest BCUT2D eigenvalue weighted by molar-refractivity contribution is 0.119. The predicted octanol–water partition coefficient (Wildman–Crippen LogP) is 1.90. The molecule has 2 unspecified atom stereocenters. The van der Waals surface area contributed by atoms with Gasteiger partial charge in [0.2, 0.25) is 0 Å². The summed E-state index contributed by atoms with van der Waals surface area (Å²) >= 11 is 4.70. The van der Waals surface area contributed by atoms with Crippen LogP contribution in [0.1, 0.15) is 30.9 Å². The number of aromatic nitrogens is 2. The molecule has 1 aromatic rings. The second-order valence-corrected chi connectivity index (χ2v) is 4.69. The predicted molar refractivity (Wildman–Crippen MR) is 75.5 cm³/mol. The first kappa shape index (κ1) is 12.9. The third kappa shape index (κ3) is 3.01. The summed E-state index contributed by atoms with van der Waals surface area (Å²) in [5, 5.41) is 11.7. The minimum absolute atomic E-state index is 0.169. The van der Waals surface area contributed by atoms with Crippen molar-refractivity contribution in [1.82, 2.24) is 10.2 Å². The number of thiocarbonyl (C=S) groups is 1. The molecule has 0 saturated heterocycles. The molecule has 0 amide bonds. The number of nitrogens with zero attached hydrogens (tertiary/aromatic N) is 1. The standard InChI is InChI=1S/C12H18N4OS/c1-14-12-7-10(15-16-12)8-2-3-9(6-8)17-11(13)4-5-18/h4-5,7-9H,2-3,6,13H2,1H3,(H2,14,15,16)/b11-4+. The summed E-state index contributed by atoms with van der Waals surface area (Å²) in [6, 6.07) is 2.04. The minimum atomic E-state index is 0.169. The molecule has 1 fully saturated rings. The fourth-order valence-corrected chi connectivity index (χ4v) is 2.44. The number of hydrogen-bond donors (Lipinski definition) is 3. The second kappa shape index (κ2) is 5.86. The van der Waals surface area contributed by atoms with Crippen LogP contribution >= 0.6 is 12.2 Å². The molecule has 0 aliphatic heterocycles. The summed E-state index contributed by atoms with van der Waals surface area (Å²) in [6.07, 6.45) is 4.82. The number of nitrogens with one attached hydrogen (secondary N) is 2. The fourth-order valence-electron chi connectivity index (χ4n) is 2.30. The highest BCUT2D eigenvalue weighted by molar-refractivity contribution is 7.79. The number of rotatable bonds is 5. The van der Waals surface area contributed by atoms with Crippen molar-refractivity contribution in [3.05, 3.63) is 23.7 Å². The average Bonchev–Trinajstić information content (AvgIpc) is 2.96. The van der Waals surface area contributed by atoms with Gasteiger partial charge in [-0.05, 0) is 19.3 Å². The van der Waals surface area contributed by atoms with Crippen molar-refractivity contribution in [1.29, 1.82) is 0 Å². The van der Waals surface area contributed by atoms with Gasteiger partial charge in [0.15, 0.2) is 5.88 Å². The van der Waals surface area contributed by atoms with Crippen LogP contribution in [0.5, 0.6) is 0 Å². The molecule has 5 nitrogen and oxygen atoms in total. The van der Waals surface area contributed by atoms with Crippen LogP contribution in [0.3, 0.4) is 0 Å². The van der Waals surface area contributed by atoms with Crippen molar-refractivity contribution in [2.75, 3.05) is 12.4 Å². The Bertz CT molecular complexity index is 443. The maximum atomic E-state index is 5.68. The molecule has 98 valence electrons. The molecule has 18 heavy (non-hydrogen) atoms. The summed E-state index contributed by atoms with van der Waals surface area (Å²) < 4.78 is 5.63. The Labute approximate surface area is 112 Å². The lowest BCUT2D eigenvalue weighted by Crippen LogP contribution is -2.13. The Morgan fingerprint density at radius 2 is 2.50 bits per heavy atom. The van der Waals surface area contributed by atoms with Gasteiger partial charge in [0.1, 0.15) is 11.9 Å². The van der Waals surface area contributed by atoms with Crippen LogP contribution in [0, 0.1) is 0 Å². The lowest BCUT2D eigenvalue weighted by atomic mass is 10.0. The number of anilines is 1. The maximum Gasteiger partial charge on any atom is 0.185 e. The van der Waals surface area contributed by atoms with Crippen LogP contribution in [0.4, 0.5) is 5.82 Å². The van der Waals surface area contributed by atoms with E-state index in [0.717, 1.165) is 30.8 Å². The topological polar surface area (TPSA) is 76.0 Å². The third-order valence-electron chi connectivity index (χ3n) is 3.21. The SMILES string of the molecule is CNc1cc(C2CCC(O/C(N)=C/C=S)C2)[nH]n1. The molecule has 0 spiro atoms. The summed E-state index contributed by atoms with van der Waals surface area (Å²) in [7, 11) is 1.86. The highest BCUT2D eigenvalue weighted by Gasteiger charge is 2.28. The Kier molecular flexibility index (Phi) is 4.19. The van der Waals surface area contributed by atoms with Crippen LogP contribution in [0.25, 0.3) is 0 Å². The van der Waals surface area contributed by atoms with E-state index in [4.69, 9.17) is 22.7 Å². The normalized spacial score (nSPS) is 23.9. The Balaban J connectivity index is 1.91. The number of hydrogen-bond acceptors (Lipinski definition) is 5. The quantitative estimate of drug-likeness (QED) is 0.431. The number of ether oxygens (including phenoxy) is 1. The highest BCUT2D eigenvalue weighted by Crippen LogP contribution is 2.36. The van der Waals surface area contributed by atoms with Crippen molar-refractivity contribution in [2.45, 2.75) is 31.3 Å². The molecule has 1 saturated carbocycles. The molecule has 2 atom stereocenters. The molecular formula is C12H18N4OS. The van der Waals surface area contributed by atoms with Crippen molar-refractivity contribution < 1.29 is 4.74 Å². The van der Waals surface area contributed by atoms with E-state index in [1.54, 1.807) is 6.08 Å². The van der Waals surface area contributed by atoms with E-state index in [1.165, 1.54) is 5.37 Å². The first-order valence-electron chi connectivity index (χ1n) is 6.03. The molecule has 6 heteroatoms. The van der Waals surface area contributed by atoms with Gasteiger partial charge in [0.05, 0.1) is 0 Å². The first-order chi connectivity index (χ1) is 8.72. The number of nitrogens with two attached hydrogens (primary N) is 1. The highest BCUT2D eigenvalue weighted by atomic mass is 32.1. The van der Waals surface area contributed by atoms with Crippen molar-refractivity contribution in [2.24, 2.45) is 5.73 Å². The van der Waals surface area contributed by atoms with Gasteiger partial charge in [0.25, 0.3) is 0 Å². The molecule has 1 aliphatic carbocycles. The number of aromatic amines is 1. The number of allylic oxidation sites excluding steroid dienone is 1. The Morgan fingerprint density at radius 1 is 1.67 bits per heavy atom. The lowest BCUT2D eigenvalue weighted by Gasteiger charge is -2.13. The van der Waals surface area contributed by atoms with Gasteiger partial charge in [-0.3, -0.25) is 5.10 Å². The van der Waals surface area contributed by atoms with Gasteiger partial charge in [-0.1, -0.05) is 12.2 Å². The molecular weight excluding hydrogens is 248 g/mol. The molecule has 1 heterocycles. The molecule has 0 bridgehead atoms. The van der Waals surface area contributed by atoms with Gasteiger partial charge in [-0.25, -0.2) is 0 Å². The van der Waals surface area contributed by atoms with E-state index >= 15 is 0 Å². The second-order valence-electron chi connectivity index (χ2n) is 4.41. The van der Waals surface area contributed by atoms with E-state index in [2.05, 4.69) is 15.5 Å². The summed E-state index contributed by atoms with van der Waals surface area (Å²) in [4.78, 5) is 0. The van der Waals surface area contributed by atoms with E-state index in [0.29, 0.717) is 11.8 Å². The smallest absolute Gasteiger partial charge is 0.185 e. The third-order valence-corrected chi connectivity index (χ3v) is 3.35. The van der Waals surface area contributed by atoms with Crippen LogP contribution < -0.4 is 11.1 Å². The summed E-state index contributed by atoms with van der Waals surface area (Å²) in [6.45, 7) is 0. The molecule has 0 radical (unpaired) electrons. The molecule has 1 aromatic heterocycles. The van der Waals surface area contributed by atoms with Crippen LogP contribution in [-0.2, 0) is 4.74 Å².